The van der Waals surface area contributed by atoms with Crippen molar-refractivity contribution in [2.45, 2.75) is 13.0 Å². The molecule has 0 aliphatic carbocycles. The van der Waals surface area contributed by atoms with E-state index in [1.54, 1.807) is 13.2 Å². The number of amides is 2. The molecule has 2 aromatic carbocycles. The summed E-state index contributed by atoms with van der Waals surface area (Å²) in [5.41, 5.74) is 1.95. The smallest absolute Gasteiger partial charge is 0.293 e. The Balaban J connectivity index is 1.59. The highest BCUT2D eigenvalue weighted by Crippen LogP contribution is 2.32. The first kappa shape index (κ1) is 20.9. The number of halogens is 1. The lowest BCUT2D eigenvalue weighted by Gasteiger charge is -2.11. The first-order valence-corrected chi connectivity index (χ1v) is 10.7. The van der Waals surface area contributed by atoms with E-state index in [-0.39, 0.29) is 11.1 Å². The normalized spacial score (nSPS) is 15.5. The van der Waals surface area contributed by atoms with Crippen LogP contribution in [-0.4, -0.2) is 36.3 Å². The summed E-state index contributed by atoms with van der Waals surface area (Å²) in [4.78, 5) is 26.2. The molecule has 0 spiro atoms. The van der Waals surface area contributed by atoms with Crippen molar-refractivity contribution in [3.63, 3.8) is 0 Å². The predicted molar refractivity (Wildman–Crippen MR) is 119 cm³/mol. The molecule has 0 atom stereocenters. The standard InChI is InChI=1S/C21H20INO4S/c1-26-12-2-11-23-20(24)19(28-21(23)25)13-15-5-9-18(10-6-15)27-14-16-3-7-17(22)8-4-16/h3-10,13H,2,11-12,14H2,1H3/b19-13+. The summed E-state index contributed by atoms with van der Waals surface area (Å²) in [5.74, 6) is 0.508. The molecule has 1 heterocycles. The molecule has 146 valence electrons. The van der Waals surface area contributed by atoms with Crippen molar-refractivity contribution in [3.8, 4) is 5.75 Å². The number of thioether (sulfide) groups is 1. The van der Waals surface area contributed by atoms with Crippen LogP contribution in [0.2, 0.25) is 0 Å². The van der Waals surface area contributed by atoms with Gasteiger partial charge in [-0.25, -0.2) is 0 Å². The molecule has 2 aromatic rings. The maximum absolute atomic E-state index is 12.4. The van der Waals surface area contributed by atoms with Gasteiger partial charge in [-0.15, -0.1) is 0 Å². The molecule has 1 aliphatic rings. The average molecular weight is 509 g/mol. The number of nitrogens with zero attached hydrogens (tertiary/aromatic N) is 1. The number of hydrogen-bond acceptors (Lipinski definition) is 5. The fraction of sp³-hybridized carbons (Fsp3) is 0.238. The molecule has 5 nitrogen and oxygen atoms in total. The number of ether oxygens (including phenoxy) is 2. The van der Waals surface area contributed by atoms with Gasteiger partial charge in [0, 0.05) is 23.8 Å². The molecule has 0 aromatic heterocycles. The zero-order valence-electron chi connectivity index (χ0n) is 15.4. The molecular formula is C21H20INO4S. The second kappa shape index (κ2) is 10.1. The van der Waals surface area contributed by atoms with E-state index in [4.69, 9.17) is 9.47 Å². The lowest BCUT2D eigenvalue weighted by Crippen LogP contribution is -2.29. The monoisotopic (exact) mass is 509 g/mol. The third kappa shape index (κ3) is 5.59. The van der Waals surface area contributed by atoms with E-state index >= 15 is 0 Å². The minimum absolute atomic E-state index is 0.232. The highest BCUT2D eigenvalue weighted by Gasteiger charge is 2.34. The van der Waals surface area contributed by atoms with Crippen LogP contribution >= 0.6 is 34.4 Å². The second-order valence-corrected chi connectivity index (χ2v) is 8.40. The predicted octanol–water partition coefficient (Wildman–Crippen LogP) is 4.94. The zero-order chi connectivity index (χ0) is 19.9. The minimum Gasteiger partial charge on any atom is -0.489 e. The first-order valence-electron chi connectivity index (χ1n) is 8.78. The largest absolute Gasteiger partial charge is 0.489 e. The van der Waals surface area contributed by atoms with Gasteiger partial charge in [0.05, 0.1) is 4.91 Å². The molecule has 0 N–H and O–H groups in total. The summed E-state index contributed by atoms with van der Waals surface area (Å²) in [7, 11) is 1.60. The number of benzene rings is 2. The number of hydrogen-bond donors (Lipinski definition) is 0. The second-order valence-electron chi connectivity index (χ2n) is 6.16. The van der Waals surface area contributed by atoms with E-state index < -0.39 is 0 Å². The molecular weight excluding hydrogens is 489 g/mol. The highest BCUT2D eigenvalue weighted by molar-refractivity contribution is 14.1. The molecule has 0 radical (unpaired) electrons. The molecule has 0 unspecified atom stereocenters. The molecule has 0 saturated carbocycles. The Labute approximate surface area is 182 Å². The van der Waals surface area contributed by atoms with Crippen molar-refractivity contribution >= 4 is 51.6 Å². The van der Waals surface area contributed by atoms with E-state index in [2.05, 4.69) is 22.6 Å². The van der Waals surface area contributed by atoms with Crippen molar-refractivity contribution in [1.29, 1.82) is 0 Å². The Kier molecular flexibility index (Phi) is 7.52. The van der Waals surface area contributed by atoms with Crippen LogP contribution in [0, 0.1) is 3.57 Å². The molecule has 1 fully saturated rings. The summed E-state index contributed by atoms with van der Waals surface area (Å²) in [6.45, 7) is 1.39. The zero-order valence-corrected chi connectivity index (χ0v) is 18.4. The van der Waals surface area contributed by atoms with Crippen LogP contribution in [-0.2, 0) is 16.1 Å². The lowest BCUT2D eigenvalue weighted by molar-refractivity contribution is -0.122. The summed E-state index contributed by atoms with van der Waals surface area (Å²) < 4.78 is 12.0. The SMILES string of the molecule is COCCCN1C(=O)S/C(=C/c2ccc(OCc3ccc(I)cc3)cc2)C1=O. The summed E-state index contributed by atoms with van der Waals surface area (Å²) in [6, 6.07) is 15.7. The van der Waals surface area contributed by atoms with Gasteiger partial charge in [0.15, 0.2) is 0 Å². The van der Waals surface area contributed by atoms with Crippen LogP contribution in [0.4, 0.5) is 4.79 Å². The Hall–Kier alpha value is -1.84. The van der Waals surface area contributed by atoms with E-state index in [1.807, 2.05) is 48.5 Å². The number of methoxy groups -OCH3 is 1. The summed E-state index contributed by atoms with van der Waals surface area (Å²) in [5, 5.41) is -0.232. The number of rotatable bonds is 8. The number of imide groups is 1. The molecule has 28 heavy (non-hydrogen) atoms. The number of carbonyl (C=O) groups is 2. The molecule has 2 amide bonds. The Morgan fingerprint density at radius 2 is 1.79 bits per heavy atom. The van der Waals surface area contributed by atoms with Gasteiger partial charge in [0.2, 0.25) is 0 Å². The van der Waals surface area contributed by atoms with Crippen molar-refractivity contribution in [2.24, 2.45) is 0 Å². The molecule has 3 rings (SSSR count). The summed E-state index contributed by atoms with van der Waals surface area (Å²) in [6.07, 6.45) is 2.37. The average Bonchev–Trinajstić information content (AvgIpc) is 2.96. The Bertz CT molecular complexity index is 865. The fourth-order valence-electron chi connectivity index (χ4n) is 2.62. The Morgan fingerprint density at radius 3 is 2.46 bits per heavy atom. The van der Waals surface area contributed by atoms with Gasteiger partial charge in [-0.05, 0) is 82.2 Å². The molecule has 0 bridgehead atoms. The van der Waals surface area contributed by atoms with Gasteiger partial charge in [0.1, 0.15) is 12.4 Å². The van der Waals surface area contributed by atoms with Gasteiger partial charge in [-0.3, -0.25) is 14.5 Å². The van der Waals surface area contributed by atoms with Crippen LogP contribution < -0.4 is 4.74 Å². The van der Waals surface area contributed by atoms with Crippen LogP contribution in [0.25, 0.3) is 6.08 Å². The Morgan fingerprint density at radius 1 is 1.07 bits per heavy atom. The van der Waals surface area contributed by atoms with Crippen LogP contribution in [0.1, 0.15) is 17.5 Å². The van der Waals surface area contributed by atoms with E-state index in [0.717, 1.165) is 28.6 Å². The van der Waals surface area contributed by atoms with Crippen LogP contribution in [0.3, 0.4) is 0 Å². The van der Waals surface area contributed by atoms with E-state index in [0.29, 0.717) is 31.1 Å². The fourth-order valence-corrected chi connectivity index (χ4v) is 3.84. The van der Waals surface area contributed by atoms with Crippen LogP contribution in [0.5, 0.6) is 5.75 Å². The molecule has 1 saturated heterocycles. The van der Waals surface area contributed by atoms with Gasteiger partial charge in [-0.2, -0.15) is 0 Å². The first-order chi connectivity index (χ1) is 13.6. The van der Waals surface area contributed by atoms with Crippen molar-refractivity contribution in [2.75, 3.05) is 20.3 Å². The van der Waals surface area contributed by atoms with E-state index in [1.165, 1.54) is 8.47 Å². The summed E-state index contributed by atoms with van der Waals surface area (Å²) >= 11 is 3.24. The van der Waals surface area contributed by atoms with Crippen molar-refractivity contribution < 1.29 is 19.1 Å². The maximum atomic E-state index is 12.4. The van der Waals surface area contributed by atoms with E-state index in [9.17, 15) is 9.59 Å². The van der Waals surface area contributed by atoms with Crippen molar-refractivity contribution in [3.05, 3.63) is 68.1 Å². The topological polar surface area (TPSA) is 55.8 Å². The van der Waals surface area contributed by atoms with Gasteiger partial charge < -0.3 is 9.47 Å². The number of carbonyl (C=O) groups excluding carboxylic acids is 2. The van der Waals surface area contributed by atoms with Gasteiger partial charge in [-0.1, -0.05) is 24.3 Å². The van der Waals surface area contributed by atoms with Crippen molar-refractivity contribution in [1.82, 2.24) is 4.90 Å². The lowest BCUT2D eigenvalue weighted by atomic mass is 10.2. The maximum Gasteiger partial charge on any atom is 0.293 e. The van der Waals surface area contributed by atoms with Gasteiger partial charge >= 0.3 is 0 Å². The quantitative estimate of drug-likeness (QED) is 0.287. The third-order valence-corrected chi connectivity index (χ3v) is 5.73. The molecule has 7 heteroatoms. The van der Waals surface area contributed by atoms with Gasteiger partial charge in [0.25, 0.3) is 11.1 Å². The van der Waals surface area contributed by atoms with Crippen LogP contribution in [0.15, 0.2) is 53.4 Å². The third-order valence-electron chi connectivity index (χ3n) is 4.10. The highest BCUT2D eigenvalue weighted by atomic mass is 127. The molecule has 1 aliphatic heterocycles. The minimum atomic E-state index is -0.245.